The highest BCUT2D eigenvalue weighted by atomic mass is 19.1. The molecule has 39 heavy (non-hydrogen) atoms. The molecule has 3 aliphatic rings. The molecular formula is C31H31FN4O3. The number of piperidine rings is 1. The van der Waals surface area contributed by atoms with Crippen LogP contribution in [0, 0.1) is 18.2 Å². The quantitative estimate of drug-likeness (QED) is 0.509. The second-order valence-corrected chi connectivity index (χ2v) is 11.7. The van der Waals surface area contributed by atoms with Gasteiger partial charge < -0.3 is 15.5 Å². The third-order valence-corrected chi connectivity index (χ3v) is 8.64. The molecule has 2 atom stereocenters. The van der Waals surface area contributed by atoms with Gasteiger partial charge in [-0.1, -0.05) is 32.0 Å². The number of hydrogen-bond acceptors (Lipinski definition) is 4. The van der Waals surface area contributed by atoms with Crippen LogP contribution in [-0.2, 0) is 32.6 Å². The first-order chi connectivity index (χ1) is 18.6. The van der Waals surface area contributed by atoms with Gasteiger partial charge in [0.2, 0.25) is 17.7 Å². The maximum absolute atomic E-state index is 14.1. The molecule has 2 aromatic carbocycles. The molecule has 1 fully saturated rings. The van der Waals surface area contributed by atoms with E-state index in [1.54, 1.807) is 17.2 Å². The number of anilines is 2. The molecule has 3 aromatic rings. The number of benzene rings is 2. The molecule has 3 amide bonds. The molecule has 0 bridgehead atoms. The van der Waals surface area contributed by atoms with Crippen molar-refractivity contribution < 1.29 is 18.8 Å². The van der Waals surface area contributed by atoms with Gasteiger partial charge in [0.15, 0.2) is 0 Å². The van der Waals surface area contributed by atoms with Crippen LogP contribution in [0.1, 0.15) is 60.5 Å². The van der Waals surface area contributed by atoms with E-state index in [-0.39, 0.29) is 36.1 Å². The summed E-state index contributed by atoms with van der Waals surface area (Å²) in [5, 5.41) is 5.87. The Morgan fingerprint density at radius 1 is 1.13 bits per heavy atom. The van der Waals surface area contributed by atoms with E-state index in [1.165, 1.54) is 12.1 Å². The molecule has 1 aliphatic carbocycles. The number of amides is 3. The van der Waals surface area contributed by atoms with Crippen molar-refractivity contribution in [1.82, 2.24) is 9.88 Å². The first-order valence-electron chi connectivity index (χ1n) is 13.3. The number of aromatic nitrogens is 1. The van der Waals surface area contributed by atoms with Crippen molar-refractivity contribution in [2.75, 3.05) is 17.2 Å². The van der Waals surface area contributed by atoms with Crippen LogP contribution in [0.15, 0.2) is 54.7 Å². The molecule has 0 saturated carbocycles. The zero-order valence-corrected chi connectivity index (χ0v) is 22.3. The second kappa shape index (κ2) is 9.00. The Labute approximate surface area is 226 Å². The highest BCUT2D eigenvalue weighted by Gasteiger charge is 2.51. The number of pyridine rings is 1. The van der Waals surface area contributed by atoms with Crippen molar-refractivity contribution in [3.8, 4) is 0 Å². The minimum absolute atomic E-state index is 0.0529. The van der Waals surface area contributed by atoms with Gasteiger partial charge in [0.05, 0.1) is 11.5 Å². The molecule has 2 N–H and O–H groups in total. The summed E-state index contributed by atoms with van der Waals surface area (Å²) in [6.45, 7) is 5.54. The van der Waals surface area contributed by atoms with E-state index in [4.69, 9.17) is 0 Å². The van der Waals surface area contributed by atoms with E-state index in [9.17, 15) is 18.8 Å². The Bertz CT molecular complexity index is 1530. The van der Waals surface area contributed by atoms with E-state index in [0.29, 0.717) is 37.2 Å². The summed E-state index contributed by atoms with van der Waals surface area (Å²) in [6.07, 6.45) is 4.07. The van der Waals surface area contributed by atoms with Crippen molar-refractivity contribution >= 4 is 29.2 Å². The molecular weight excluding hydrogens is 495 g/mol. The molecule has 3 heterocycles. The van der Waals surface area contributed by atoms with E-state index in [1.807, 2.05) is 51.1 Å². The van der Waals surface area contributed by atoms with Gasteiger partial charge in [0, 0.05) is 22.9 Å². The first kappa shape index (κ1) is 25.2. The van der Waals surface area contributed by atoms with Crippen LogP contribution >= 0.6 is 0 Å². The summed E-state index contributed by atoms with van der Waals surface area (Å²) in [4.78, 5) is 45.6. The van der Waals surface area contributed by atoms with Gasteiger partial charge in [-0.15, -0.1) is 0 Å². The maximum atomic E-state index is 14.1. The molecule has 1 spiro atoms. The standard InChI is InChI=1S/C31H31FN4O3/c1-18-6-8-21(32)14-23(18)25-10-11-30(2,3)29(39)36(25)17-26(37)34-22-9-7-19-15-31(16-20(19)13-22)24-5-4-12-33-27(24)35-28(31)38/h4-9,12-14,25H,10-11,15-17H2,1-3H3,(H,34,37)(H,33,35,38)/t25-,31+/m0/s1. The number of rotatable bonds is 4. The third kappa shape index (κ3) is 4.18. The summed E-state index contributed by atoms with van der Waals surface area (Å²) in [7, 11) is 0. The zero-order valence-electron chi connectivity index (χ0n) is 22.3. The number of halogens is 1. The lowest BCUT2D eigenvalue weighted by Gasteiger charge is -2.43. The first-order valence-corrected chi connectivity index (χ1v) is 13.3. The summed E-state index contributed by atoms with van der Waals surface area (Å²) >= 11 is 0. The van der Waals surface area contributed by atoms with Gasteiger partial charge in [-0.3, -0.25) is 14.4 Å². The SMILES string of the molecule is Cc1ccc(F)cc1[C@@H]1CCC(C)(C)C(=O)N1CC(=O)Nc1ccc2c(c1)C[C@@]1(C2)C(=O)Nc2ncccc21. The molecule has 0 radical (unpaired) electrons. The van der Waals surface area contributed by atoms with E-state index in [0.717, 1.165) is 27.8 Å². The van der Waals surface area contributed by atoms with Crippen LogP contribution < -0.4 is 10.6 Å². The third-order valence-electron chi connectivity index (χ3n) is 8.64. The monoisotopic (exact) mass is 526 g/mol. The van der Waals surface area contributed by atoms with Gasteiger partial charge in [0.1, 0.15) is 18.2 Å². The van der Waals surface area contributed by atoms with Gasteiger partial charge in [0.25, 0.3) is 0 Å². The summed E-state index contributed by atoms with van der Waals surface area (Å²) < 4.78 is 14.1. The number of hydrogen-bond donors (Lipinski definition) is 2. The molecule has 6 rings (SSSR count). The highest BCUT2D eigenvalue weighted by Crippen LogP contribution is 2.47. The van der Waals surface area contributed by atoms with Gasteiger partial charge in [-0.2, -0.15) is 0 Å². The average molecular weight is 527 g/mol. The van der Waals surface area contributed by atoms with Crippen LogP contribution in [0.25, 0.3) is 0 Å². The predicted molar refractivity (Wildman–Crippen MR) is 146 cm³/mol. The summed E-state index contributed by atoms with van der Waals surface area (Å²) in [5.74, 6) is -0.236. The fourth-order valence-electron chi connectivity index (χ4n) is 6.47. The number of nitrogens with one attached hydrogen (secondary N) is 2. The lowest BCUT2D eigenvalue weighted by molar-refractivity contribution is -0.150. The summed E-state index contributed by atoms with van der Waals surface area (Å²) in [6, 6.07) is 13.7. The van der Waals surface area contributed by atoms with E-state index in [2.05, 4.69) is 15.6 Å². The topological polar surface area (TPSA) is 91.4 Å². The minimum atomic E-state index is -0.684. The van der Waals surface area contributed by atoms with Crippen molar-refractivity contribution in [3.63, 3.8) is 0 Å². The van der Waals surface area contributed by atoms with Crippen molar-refractivity contribution in [3.05, 3.63) is 88.4 Å². The minimum Gasteiger partial charge on any atom is -0.326 e. The number of likely N-dealkylation sites (tertiary alicyclic amines) is 1. The molecule has 1 saturated heterocycles. The average Bonchev–Trinajstić information content (AvgIpc) is 3.41. The van der Waals surface area contributed by atoms with Crippen LogP contribution in [0.3, 0.4) is 0 Å². The Balaban J connectivity index is 1.22. The normalized spacial score (nSPS) is 23.0. The largest absolute Gasteiger partial charge is 0.326 e. The van der Waals surface area contributed by atoms with E-state index >= 15 is 0 Å². The van der Waals surface area contributed by atoms with Gasteiger partial charge in [-0.05, 0) is 85.2 Å². The maximum Gasteiger partial charge on any atom is 0.244 e. The van der Waals surface area contributed by atoms with Crippen LogP contribution in [-0.4, -0.2) is 34.2 Å². The number of fused-ring (bicyclic) bond motifs is 3. The fraction of sp³-hybridized carbons (Fsp3) is 0.355. The molecule has 200 valence electrons. The number of carbonyl (C=O) groups excluding carboxylic acids is 3. The van der Waals surface area contributed by atoms with Crippen molar-refractivity contribution in [2.45, 2.75) is 57.9 Å². The van der Waals surface area contributed by atoms with Crippen LogP contribution in [0.2, 0.25) is 0 Å². The zero-order chi connectivity index (χ0) is 27.5. The van der Waals surface area contributed by atoms with Crippen LogP contribution in [0.5, 0.6) is 0 Å². The lowest BCUT2D eigenvalue weighted by atomic mass is 9.78. The molecule has 0 unspecified atom stereocenters. The molecule has 2 aliphatic heterocycles. The predicted octanol–water partition coefficient (Wildman–Crippen LogP) is 4.85. The fourth-order valence-corrected chi connectivity index (χ4v) is 6.47. The Hall–Kier alpha value is -4.07. The lowest BCUT2D eigenvalue weighted by Crippen LogP contribution is -2.50. The number of nitrogens with zero attached hydrogens (tertiary/aromatic N) is 2. The number of aryl methyl sites for hydroxylation is 1. The van der Waals surface area contributed by atoms with Crippen molar-refractivity contribution in [1.29, 1.82) is 0 Å². The van der Waals surface area contributed by atoms with E-state index < -0.39 is 10.8 Å². The molecule has 8 heteroatoms. The highest BCUT2D eigenvalue weighted by molar-refractivity contribution is 6.06. The van der Waals surface area contributed by atoms with Crippen LogP contribution in [0.4, 0.5) is 15.9 Å². The second-order valence-electron chi connectivity index (χ2n) is 11.7. The molecule has 1 aromatic heterocycles. The summed E-state index contributed by atoms with van der Waals surface area (Å²) in [5.41, 5.74) is 3.92. The van der Waals surface area contributed by atoms with Gasteiger partial charge in [-0.25, -0.2) is 9.37 Å². The van der Waals surface area contributed by atoms with Crippen molar-refractivity contribution in [2.24, 2.45) is 5.41 Å². The number of carbonyl (C=O) groups is 3. The smallest absolute Gasteiger partial charge is 0.244 e. The van der Waals surface area contributed by atoms with Gasteiger partial charge >= 0.3 is 0 Å². The molecule has 7 nitrogen and oxygen atoms in total. The Morgan fingerprint density at radius 2 is 1.92 bits per heavy atom. The Kier molecular flexibility index (Phi) is 5.82. The Morgan fingerprint density at radius 3 is 2.74 bits per heavy atom.